The molecule has 3 aromatic heterocycles. The molecule has 12 rings (SSSR count). The summed E-state index contributed by atoms with van der Waals surface area (Å²) in [6.07, 6.45) is 1.71. The summed E-state index contributed by atoms with van der Waals surface area (Å²) in [5.74, 6) is 0. The van der Waals surface area contributed by atoms with Crippen LogP contribution in [-0.2, 0) is 0 Å². The lowest BCUT2D eigenvalue weighted by atomic mass is 9.99. The van der Waals surface area contributed by atoms with Crippen molar-refractivity contribution in [2.45, 2.75) is 0 Å². The van der Waals surface area contributed by atoms with Crippen molar-refractivity contribution in [3.63, 3.8) is 0 Å². The van der Waals surface area contributed by atoms with Gasteiger partial charge in [-0.05, 0) is 88.1 Å². The first-order chi connectivity index (χ1) is 26.8. The van der Waals surface area contributed by atoms with Gasteiger partial charge in [-0.3, -0.25) is 0 Å². The molecule has 0 radical (unpaired) electrons. The number of fused-ring (bicyclic) bond motifs is 9. The minimum atomic E-state index is 0.956. The molecular weight excluding hydrogens is 657 g/mol. The van der Waals surface area contributed by atoms with Crippen LogP contribution in [0.3, 0.4) is 0 Å². The zero-order valence-corrected chi connectivity index (χ0v) is 29.1. The first kappa shape index (κ1) is 29.3. The van der Waals surface area contributed by atoms with Crippen LogP contribution in [0, 0.1) is 0 Å². The number of nitrogens with zero attached hydrogens (tertiary/aromatic N) is 4. The first-order valence-corrected chi connectivity index (χ1v) is 18.4. The number of rotatable bonds is 4. The van der Waals surface area contributed by atoms with Crippen molar-refractivity contribution < 1.29 is 0 Å². The van der Waals surface area contributed by atoms with Crippen molar-refractivity contribution in [3.8, 4) is 56.1 Å². The standard InChI is InChI=1S/C50H30N4/c1-2-14-35(15-3-1)53-43-21-6-4-17-37(43)41-28-32(23-25-45(41)53)33-24-26-46-42(29-33)38-18-5-7-22-44(38)54(46)36-16-8-13-34(27-36)49-48-39-19-9-11-31-12-10-20-40(47(31)39)50(48)52-30-51-49/h1-30H. The Morgan fingerprint density at radius 2 is 0.907 bits per heavy atom. The van der Waals surface area contributed by atoms with Crippen molar-refractivity contribution in [2.75, 3.05) is 0 Å². The Balaban J connectivity index is 1.01. The highest BCUT2D eigenvalue weighted by atomic mass is 15.0. The zero-order chi connectivity index (χ0) is 35.3. The van der Waals surface area contributed by atoms with E-state index in [9.17, 15) is 0 Å². The minimum Gasteiger partial charge on any atom is -0.309 e. The largest absolute Gasteiger partial charge is 0.309 e. The molecule has 250 valence electrons. The molecule has 0 fully saturated rings. The zero-order valence-electron chi connectivity index (χ0n) is 29.1. The lowest BCUT2D eigenvalue weighted by Crippen LogP contribution is -1.96. The molecule has 1 aliphatic carbocycles. The fraction of sp³-hybridized carbons (Fsp3) is 0. The van der Waals surface area contributed by atoms with Gasteiger partial charge in [-0.1, -0.05) is 115 Å². The quantitative estimate of drug-likeness (QED) is 0.185. The van der Waals surface area contributed by atoms with E-state index in [1.165, 1.54) is 82.3 Å². The third kappa shape index (κ3) is 4.08. The van der Waals surface area contributed by atoms with Crippen LogP contribution in [0.2, 0.25) is 0 Å². The van der Waals surface area contributed by atoms with E-state index < -0.39 is 0 Å². The summed E-state index contributed by atoms with van der Waals surface area (Å²) < 4.78 is 4.76. The topological polar surface area (TPSA) is 35.6 Å². The number of hydrogen-bond donors (Lipinski definition) is 0. The maximum atomic E-state index is 4.92. The Labute approximate surface area is 310 Å². The maximum absolute atomic E-state index is 4.92. The number of para-hydroxylation sites is 3. The van der Waals surface area contributed by atoms with Crippen LogP contribution in [0.1, 0.15) is 0 Å². The van der Waals surface area contributed by atoms with Gasteiger partial charge in [-0.2, -0.15) is 0 Å². The molecule has 0 saturated carbocycles. The molecule has 3 heterocycles. The van der Waals surface area contributed by atoms with Crippen molar-refractivity contribution >= 4 is 54.4 Å². The highest BCUT2D eigenvalue weighted by Gasteiger charge is 2.26. The van der Waals surface area contributed by atoms with Crippen molar-refractivity contribution in [2.24, 2.45) is 0 Å². The molecule has 0 spiro atoms. The van der Waals surface area contributed by atoms with Crippen molar-refractivity contribution in [1.82, 2.24) is 19.1 Å². The Morgan fingerprint density at radius 1 is 0.352 bits per heavy atom. The van der Waals surface area contributed by atoms with E-state index in [4.69, 9.17) is 9.97 Å². The number of benzene rings is 8. The second kappa shape index (κ2) is 11.1. The molecule has 0 amide bonds. The van der Waals surface area contributed by atoms with Gasteiger partial charge in [0.05, 0.1) is 33.5 Å². The summed E-state index contributed by atoms with van der Waals surface area (Å²) in [5, 5.41) is 7.45. The van der Waals surface area contributed by atoms with E-state index in [0.29, 0.717) is 0 Å². The molecule has 8 aromatic carbocycles. The van der Waals surface area contributed by atoms with Gasteiger partial charge in [0.15, 0.2) is 0 Å². The fourth-order valence-corrected chi connectivity index (χ4v) is 9.04. The average molecular weight is 687 g/mol. The molecule has 0 saturated heterocycles. The Bertz CT molecular complexity index is 3330. The Morgan fingerprint density at radius 3 is 1.61 bits per heavy atom. The molecule has 0 N–H and O–H groups in total. The van der Waals surface area contributed by atoms with E-state index >= 15 is 0 Å². The summed E-state index contributed by atoms with van der Waals surface area (Å²) in [6.45, 7) is 0. The van der Waals surface area contributed by atoms with Crippen LogP contribution < -0.4 is 0 Å². The predicted octanol–water partition coefficient (Wildman–Crippen LogP) is 12.8. The lowest BCUT2D eigenvalue weighted by Gasteiger charge is -2.12. The number of hydrogen-bond acceptors (Lipinski definition) is 2. The van der Waals surface area contributed by atoms with Crippen LogP contribution in [0.25, 0.3) is 111 Å². The Kier molecular flexibility index (Phi) is 6.02. The van der Waals surface area contributed by atoms with Gasteiger partial charge in [0, 0.05) is 49.6 Å². The normalized spacial score (nSPS) is 12.1. The van der Waals surface area contributed by atoms with Gasteiger partial charge in [0.2, 0.25) is 0 Å². The van der Waals surface area contributed by atoms with E-state index in [1.54, 1.807) is 6.33 Å². The van der Waals surface area contributed by atoms with Crippen LogP contribution in [0.15, 0.2) is 182 Å². The smallest absolute Gasteiger partial charge is 0.116 e. The van der Waals surface area contributed by atoms with Gasteiger partial charge in [0.25, 0.3) is 0 Å². The fourth-order valence-electron chi connectivity index (χ4n) is 9.04. The molecule has 0 atom stereocenters. The van der Waals surface area contributed by atoms with E-state index in [2.05, 4.69) is 185 Å². The number of aromatic nitrogens is 4. The summed E-state index contributed by atoms with van der Waals surface area (Å²) in [7, 11) is 0. The maximum Gasteiger partial charge on any atom is 0.116 e. The Hall–Kier alpha value is -7.30. The average Bonchev–Trinajstić information content (AvgIpc) is 3.88. The third-order valence-corrected chi connectivity index (χ3v) is 11.3. The lowest BCUT2D eigenvalue weighted by molar-refractivity contribution is 1.17. The third-order valence-electron chi connectivity index (χ3n) is 11.3. The molecular formula is C50H30N4. The molecule has 11 aromatic rings. The summed E-state index contributed by atoms with van der Waals surface area (Å²) in [6, 6.07) is 63.7. The SMILES string of the molecule is c1ccc(-n2c3ccccc3c3cc(-c4ccc5c(c4)c4ccccc4n5-c4cccc(-c5ncnc6c5-c5cccc7cccc-6c57)c4)ccc32)cc1. The minimum absolute atomic E-state index is 0.956. The summed E-state index contributed by atoms with van der Waals surface area (Å²) >= 11 is 0. The molecule has 0 bridgehead atoms. The first-order valence-electron chi connectivity index (χ1n) is 18.4. The molecule has 4 heteroatoms. The monoisotopic (exact) mass is 686 g/mol. The van der Waals surface area contributed by atoms with Crippen molar-refractivity contribution in [1.29, 1.82) is 0 Å². The van der Waals surface area contributed by atoms with Crippen LogP contribution >= 0.6 is 0 Å². The molecule has 54 heavy (non-hydrogen) atoms. The molecule has 1 aliphatic rings. The predicted molar refractivity (Wildman–Crippen MR) is 224 cm³/mol. The van der Waals surface area contributed by atoms with E-state index in [0.717, 1.165) is 28.2 Å². The highest BCUT2D eigenvalue weighted by molar-refractivity contribution is 6.17. The van der Waals surface area contributed by atoms with Gasteiger partial charge in [0.1, 0.15) is 6.33 Å². The second-order valence-corrected chi connectivity index (χ2v) is 14.2. The van der Waals surface area contributed by atoms with Crippen LogP contribution in [-0.4, -0.2) is 19.1 Å². The van der Waals surface area contributed by atoms with E-state index in [-0.39, 0.29) is 0 Å². The van der Waals surface area contributed by atoms with Crippen LogP contribution in [0.4, 0.5) is 0 Å². The van der Waals surface area contributed by atoms with Crippen LogP contribution in [0.5, 0.6) is 0 Å². The van der Waals surface area contributed by atoms with Gasteiger partial charge >= 0.3 is 0 Å². The molecule has 4 nitrogen and oxygen atoms in total. The van der Waals surface area contributed by atoms with Gasteiger partial charge < -0.3 is 9.13 Å². The van der Waals surface area contributed by atoms with Gasteiger partial charge in [-0.15, -0.1) is 0 Å². The summed E-state index contributed by atoms with van der Waals surface area (Å²) in [4.78, 5) is 9.72. The second-order valence-electron chi connectivity index (χ2n) is 14.2. The van der Waals surface area contributed by atoms with E-state index in [1.807, 2.05) is 0 Å². The highest BCUT2D eigenvalue weighted by Crippen LogP contribution is 2.49. The summed E-state index contributed by atoms with van der Waals surface area (Å²) in [5.41, 5.74) is 15.9. The van der Waals surface area contributed by atoms with Crippen molar-refractivity contribution in [3.05, 3.63) is 182 Å². The molecule has 0 aliphatic heterocycles. The van der Waals surface area contributed by atoms with Gasteiger partial charge in [-0.25, -0.2) is 9.97 Å². The molecule has 0 unspecified atom stereocenters.